The molecule has 0 saturated carbocycles. The minimum absolute atomic E-state index is 0.254. The van der Waals surface area contributed by atoms with Crippen molar-refractivity contribution in [2.75, 3.05) is 19.0 Å². The van der Waals surface area contributed by atoms with E-state index in [4.69, 9.17) is 0 Å². The molecular weight excluding hydrogens is 209 g/mol. The summed E-state index contributed by atoms with van der Waals surface area (Å²) < 4.78 is 17.8. The van der Waals surface area contributed by atoms with Gasteiger partial charge in [0.05, 0.1) is 13.0 Å². The molecule has 0 amide bonds. The van der Waals surface area contributed by atoms with Gasteiger partial charge in [0.2, 0.25) is 0 Å². The number of carbonyl (C=O) groups excluding carboxylic acids is 1. The molecule has 88 valence electrons. The van der Waals surface area contributed by atoms with E-state index in [9.17, 15) is 9.18 Å². The normalized spacial score (nSPS) is 12.0. The molecule has 1 unspecified atom stereocenters. The van der Waals surface area contributed by atoms with E-state index in [0.29, 0.717) is 17.8 Å². The van der Waals surface area contributed by atoms with E-state index in [0.717, 1.165) is 0 Å². The first-order valence-electron chi connectivity index (χ1n) is 5.13. The Morgan fingerprint density at radius 3 is 2.88 bits per heavy atom. The van der Waals surface area contributed by atoms with Crippen LogP contribution in [0.1, 0.15) is 12.5 Å². The van der Waals surface area contributed by atoms with Crippen LogP contribution in [0.4, 0.5) is 10.1 Å². The van der Waals surface area contributed by atoms with E-state index < -0.39 is 0 Å². The SMILES string of the molecule is COC(=O)C(C)CNc1cccc(F)c1C. The van der Waals surface area contributed by atoms with Crippen LogP contribution in [0, 0.1) is 18.7 Å². The number of rotatable bonds is 4. The molecule has 0 aliphatic heterocycles. The highest BCUT2D eigenvalue weighted by atomic mass is 19.1. The molecule has 16 heavy (non-hydrogen) atoms. The molecule has 0 spiro atoms. The van der Waals surface area contributed by atoms with Crippen LogP contribution in [-0.4, -0.2) is 19.6 Å². The van der Waals surface area contributed by atoms with Crippen LogP contribution in [0.15, 0.2) is 18.2 Å². The zero-order valence-electron chi connectivity index (χ0n) is 9.71. The number of hydrogen-bond acceptors (Lipinski definition) is 3. The van der Waals surface area contributed by atoms with E-state index >= 15 is 0 Å². The zero-order valence-corrected chi connectivity index (χ0v) is 9.71. The number of nitrogens with one attached hydrogen (secondary N) is 1. The lowest BCUT2D eigenvalue weighted by Gasteiger charge is -2.13. The average molecular weight is 225 g/mol. The summed E-state index contributed by atoms with van der Waals surface area (Å²) >= 11 is 0. The molecule has 1 aromatic carbocycles. The Morgan fingerprint density at radius 1 is 1.56 bits per heavy atom. The molecular formula is C12H16FNO2. The van der Waals surface area contributed by atoms with Crippen LogP contribution in [0.25, 0.3) is 0 Å². The maximum atomic E-state index is 13.2. The Morgan fingerprint density at radius 2 is 2.25 bits per heavy atom. The number of anilines is 1. The van der Waals surface area contributed by atoms with Gasteiger partial charge in [0.15, 0.2) is 0 Å². The molecule has 0 aliphatic rings. The molecule has 0 saturated heterocycles. The molecule has 0 fully saturated rings. The Balaban J connectivity index is 2.61. The topological polar surface area (TPSA) is 38.3 Å². The van der Waals surface area contributed by atoms with Crippen molar-refractivity contribution in [2.45, 2.75) is 13.8 Å². The fourth-order valence-electron chi connectivity index (χ4n) is 1.35. The summed E-state index contributed by atoms with van der Waals surface area (Å²) in [5.41, 5.74) is 1.26. The van der Waals surface area contributed by atoms with Crippen molar-refractivity contribution in [1.29, 1.82) is 0 Å². The lowest BCUT2D eigenvalue weighted by molar-refractivity contribution is -0.144. The van der Waals surface area contributed by atoms with Gasteiger partial charge in [0.1, 0.15) is 5.82 Å². The van der Waals surface area contributed by atoms with Gasteiger partial charge < -0.3 is 10.1 Å². The second-order valence-electron chi connectivity index (χ2n) is 3.72. The van der Waals surface area contributed by atoms with Crippen molar-refractivity contribution in [3.8, 4) is 0 Å². The van der Waals surface area contributed by atoms with Crippen LogP contribution in [0.3, 0.4) is 0 Å². The molecule has 0 radical (unpaired) electrons. The first-order chi connectivity index (χ1) is 7.56. The minimum Gasteiger partial charge on any atom is -0.469 e. The number of esters is 1. The second kappa shape index (κ2) is 5.49. The molecule has 0 heterocycles. The summed E-state index contributed by atoms with van der Waals surface area (Å²) in [5.74, 6) is -0.787. The van der Waals surface area contributed by atoms with Crippen molar-refractivity contribution >= 4 is 11.7 Å². The third kappa shape index (κ3) is 2.95. The minimum atomic E-state index is -0.276. The van der Waals surface area contributed by atoms with Gasteiger partial charge in [-0.2, -0.15) is 0 Å². The quantitative estimate of drug-likeness (QED) is 0.799. The van der Waals surface area contributed by atoms with Crippen LogP contribution in [-0.2, 0) is 9.53 Å². The van der Waals surface area contributed by atoms with Crippen LogP contribution >= 0.6 is 0 Å². The molecule has 1 atom stereocenters. The van der Waals surface area contributed by atoms with E-state index in [1.165, 1.54) is 13.2 Å². The Hall–Kier alpha value is -1.58. The molecule has 4 heteroatoms. The van der Waals surface area contributed by atoms with Gasteiger partial charge >= 0.3 is 5.97 Å². The summed E-state index contributed by atoms with van der Waals surface area (Å²) in [6.45, 7) is 3.88. The van der Waals surface area contributed by atoms with E-state index in [2.05, 4.69) is 10.1 Å². The number of carbonyl (C=O) groups is 1. The van der Waals surface area contributed by atoms with Crippen LogP contribution in [0.2, 0.25) is 0 Å². The summed E-state index contributed by atoms with van der Waals surface area (Å²) in [6.07, 6.45) is 0. The maximum absolute atomic E-state index is 13.2. The molecule has 0 aliphatic carbocycles. The van der Waals surface area contributed by atoms with Crippen molar-refractivity contribution in [3.05, 3.63) is 29.6 Å². The van der Waals surface area contributed by atoms with Crippen LogP contribution in [0.5, 0.6) is 0 Å². The molecule has 1 aromatic rings. The number of hydrogen-bond donors (Lipinski definition) is 1. The van der Waals surface area contributed by atoms with E-state index in [1.807, 2.05) is 0 Å². The third-order valence-electron chi connectivity index (χ3n) is 2.47. The predicted molar refractivity (Wildman–Crippen MR) is 60.8 cm³/mol. The Bertz CT molecular complexity index is 379. The predicted octanol–water partition coefficient (Wildman–Crippen LogP) is 2.36. The van der Waals surface area contributed by atoms with Gasteiger partial charge in [-0.15, -0.1) is 0 Å². The largest absolute Gasteiger partial charge is 0.469 e. The maximum Gasteiger partial charge on any atom is 0.310 e. The summed E-state index contributed by atoms with van der Waals surface area (Å²) in [5, 5.41) is 3.03. The smallest absolute Gasteiger partial charge is 0.310 e. The standard InChI is InChI=1S/C12H16FNO2/c1-8(12(15)16-3)7-14-11-6-4-5-10(13)9(11)2/h4-6,8,14H,7H2,1-3H3. The van der Waals surface area contributed by atoms with E-state index in [1.54, 1.807) is 26.0 Å². The summed E-state index contributed by atoms with van der Waals surface area (Å²) in [6, 6.07) is 4.82. The fourth-order valence-corrected chi connectivity index (χ4v) is 1.35. The Kier molecular flexibility index (Phi) is 4.28. The van der Waals surface area contributed by atoms with E-state index in [-0.39, 0.29) is 17.7 Å². The fraction of sp³-hybridized carbons (Fsp3) is 0.417. The first kappa shape index (κ1) is 12.5. The lowest BCUT2D eigenvalue weighted by atomic mass is 10.1. The Labute approximate surface area is 94.6 Å². The number of benzene rings is 1. The number of halogens is 1. The highest BCUT2D eigenvalue weighted by Crippen LogP contribution is 2.17. The van der Waals surface area contributed by atoms with Crippen molar-refractivity contribution < 1.29 is 13.9 Å². The highest BCUT2D eigenvalue weighted by Gasteiger charge is 2.13. The van der Waals surface area contributed by atoms with Crippen molar-refractivity contribution in [1.82, 2.24) is 0 Å². The van der Waals surface area contributed by atoms with Gasteiger partial charge in [0.25, 0.3) is 0 Å². The van der Waals surface area contributed by atoms with Crippen LogP contribution < -0.4 is 5.32 Å². The monoisotopic (exact) mass is 225 g/mol. The average Bonchev–Trinajstić information content (AvgIpc) is 2.29. The molecule has 1 rings (SSSR count). The molecule has 3 nitrogen and oxygen atoms in total. The first-order valence-corrected chi connectivity index (χ1v) is 5.13. The lowest BCUT2D eigenvalue weighted by Crippen LogP contribution is -2.21. The molecule has 0 aromatic heterocycles. The third-order valence-corrected chi connectivity index (χ3v) is 2.47. The van der Waals surface area contributed by atoms with Crippen molar-refractivity contribution in [2.24, 2.45) is 5.92 Å². The zero-order chi connectivity index (χ0) is 12.1. The van der Waals surface area contributed by atoms with Gasteiger partial charge in [0, 0.05) is 17.8 Å². The van der Waals surface area contributed by atoms with Crippen molar-refractivity contribution in [3.63, 3.8) is 0 Å². The van der Waals surface area contributed by atoms with Gasteiger partial charge in [-0.1, -0.05) is 13.0 Å². The number of methoxy groups -OCH3 is 1. The van der Waals surface area contributed by atoms with Gasteiger partial charge in [-0.05, 0) is 19.1 Å². The number of ether oxygens (including phenoxy) is 1. The molecule has 0 bridgehead atoms. The van der Waals surface area contributed by atoms with Gasteiger partial charge in [-0.3, -0.25) is 4.79 Å². The highest BCUT2D eigenvalue weighted by molar-refractivity contribution is 5.72. The summed E-state index contributed by atoms with van der Waals surface area (Å²) in [7, 11) is 1.35. The van der Waals surface area contributed by atoms with Gasteiger partial charge in [-0.25, -0.2) is 4.39 Å². The summed E-state index contributed by atoms with van der Waals surface area (Å²) in [4.78, 5) is 11.1. The second-order valence-corrected chi connectivity index (χ2v) is 3.72. The molecule has 1 N–H and O–H groups in total.